The molecule has 0 unspecified atom stereocenters. The van der Waals surface area contributed by atoms with Gasteiger partial charge in [-0.15, -0.1) is 0 Å². The summed E-state index contributed by atoms with van der Waals surface area (Å²) in [7, 11) is 0. The third kappa shape index (κ3) is 3.62. The summed E-state index contributed by atoms with van der Waals surface area (Å²) >= 11 is 0. The van der Waals surface area contributed by atoms with Gasteiger partial charge in [0.15, 0.2) is 11.8 Å². The van der Waals surface area contributed by atoms with Gasteiger partial charge < -0.3 is 9.64 Å². The molecule has 6 heteroatoms. The third-order valence-corrected chi connectivity index (χ3v) is 6.07. The van der Waals surface area contributed by atoms with Crippen LogP contribution in [0.3, 0.4) is 0 Å². The number of carbonyl (C=O) groups is 1. The van der Waals surface area contributed by atoms with Crippen LogP contribution in [-0.2, 0) is 17.8 Å². The van der Waals surface area contributed by atoms with Crippen LogP contribution in [0.25, 0.3) is 16.7 Å². The minimum Gasteiger partial charge on any atom is -0.464 e. The molecule has 1 aliphatic rings. The van der Waals surface area contributed by atoms with Crippen molar-refractivity contribution in [3.05, 3.63) is 83.0 Å². The molecule has 5 rings (SSSR count). The van der Waals surface area contributed by atoms with Gasteiger partial charge in [0, 0.05) is 24.5 Å². The van der Waals surface area contributed by atoms with Crippen LogP contribution in [0.1, 0.15) is 29.3 Å². The van der Waals surface area contributed by atoms with Gasteiger partial charge in [0.1, 0.15) is 0 Å². The molecule has 1 aliphatic heterocycles. The van der Waals surface area contributed by atoms with Crippen molar-refractivity contribution in [2.75, 3.05) is 6.54 Å². The SMILES string of the molecule is Cc1cc(O[C@H](C)C(=O)N2CCc3ccccc3C2)nc2c1c(C)nn2-c1ccccc1. The largest absolute Gasteiger partial charge is 0.464 e. The van der Waals surface area contributed by atoms with E-state index in [-0.39, 0.29) is 5.91 Å². The van der Waals surface area contributed by atoms with E-state index in [0.29, 0.717) is 19.0 Å². The van der Waals surface area contributed by atoms with Crippen LogP contribution < -0.4 is 4.74 Å². The predicted molar refractivity (Wildman–Crippen MR) is 124 cm³/mol. The average Bonchev–Trinajstić information content (AvgIpc) is 3.15. The monoisotopic (exact) mass is 426 g/mol. The summed E-state index contributed by atoms with van der Waals surface area (Å²) in [6, 6.07) is 20.1. The highest BCUT2D eigenvalue weighted by molar-refractivity contribution is 5.84. The summed E-state index contributed by atoms with van der Waals surface area (Å²) in [5.41, 5.74) is 6.13. The van der Waals surface area contributed by atoms with Crippen LogP contribution in [-0.4, -0.2) is 38.2 Å². The quantitative estimate of drug-likeness (QED) is 0.486. The number of carbonyl (C=O) groups excluding carboxylic acids is 1. The molecule has 0 aliphatic carbocycles. The molecular formula is C26H26N4O2. The Morgan fingerprint density at radius 3 is 2.53 bits per heavy atom. The number of pyridine rings is 1. The number of fused-ring (bicyclic) bond motifs is 2. The van der Waals surface area contributed by atoms with Crippen molar-refractivity contribution in [3.63, 3.8) is 0 Å². The minimum atomic E-state index is -0.626. The number of para-hydroxylation sites is 1. The van der Waals surface area contributed by atoms with Gasteiger partial charge in [-0.2, -0.15) is 10.1 Å². The summed E-state index contributed by atoms with van der Waals surface area (Å²) in [5, 5.41) is 5.70. The molecule has 162 valence electrons. The molecule has 0 fully saturated rings. The molecule has 32 heavy (non-hydrogen) atoms. The average molecular weight is 427 g/mol. The first kappa shape index (κ1) is 20.2. The van der Waals surface area contributed by atoms with Gasteiger partial charge in [0.25, 0.3) is 5.91 Å². The van der Waals surface area contributed by atoms with E-state index in [1.165, 1.54) is 11.1 Å². The standard InChI is InChI=1S/C26H26N4O2/c1-17-15-23(27-25-24(17)18(2)28-30(25)22-11-5-4-6-12-22)32-19(3)26(31)29-14-13-20-9-7-8-10-21(20)16-29/h4-12,15,19H,13-14,16H2,1-3H3/t19-/m1/s1. The van der Waals surface area contributed by atoms with E-state index in [1.54, 1.807) is 6.92 Å². The Kier molecular flexibility index (Phi) is 5.13. The maximum atomic E-state index is 13.1. The summed E-state index contributed by atoms with van der Waals surface area (Å²) in [4.78, 5) is 19.7. The third-order valence-electron chi connectivity index (χ3n) is 6.07. The number of aromatic nitrogens is 3. The number of hydrogen-bond donors (Lipinski definition) is 0. The van der Waals surface area contributed by atoms with E-state index in [4.69, 9.17) is 14.8 Å². The van der Waals surface area contributed by atoms with E-state index >= 15 is 0 Å². The molecule has 2 aromatic heterocycles. The van der Waals surface area contributed by atoms with E-state index in [0.717, 1.165) is 34.4 Å². The van der Waals surface area contributed by atoms with Gasteiger partial charge in [-0.1, -0.05) is 42.5 Å². The van der Waals surface area contributed by atoms with Gasteiger partial charge in [0.05, 0.1) is 11.4 Å². The van der Waals surface area contributed by atoms with Crippen LogP contribution in [0.2, 0.25) is 0 Å². The Hall–Kier alpha value is -3.67. The molecule has 0 spiro atoms. The van der Waals surface area contributed by atoms with Gasteiger partial charge in [-0.05, 0) is 56.0 Å². The Morgan fingerprint density at radius 1 is 1.03 bits per heavy atom. The zero-order chi connectivity index (χ0) is 22.2. The molecule has 0 radical (unpaired) electrons. The van der Waals surface area contributed by atoms with Gasteiger partial charge in [-0.3, -0.25) is 4.79 Å². The highest BCUT2D eigenvalue weighted by Gasteiger charge is 2.26. The fraction of sp³-hybridized carbons (Fsp3) is 0.269. The van der Waals surface area contributed by atoms with Crippen LogP contribution in [0.15, 0.2) is 60.7 Å². The molecule has 6 nitrogen and oxygen atoms in total. The van der Waals surface area contributed by atoms with Crippen molar-refractivity contribution in [1.29, 1.82) is 0 Å². The maximum absolute atomic E-state index is 13.1. The van der Waals surface area contributed by atoms with Crippen molar-refractivity contribution in [3.8, 4) is 11.6 Å². The van der Waals surface area contributed by atoms with Crippen LogP contribution >= 0.6 is 0 Å². The predicted octanol–water partition coefficient (Wildman–Crippen LogP) is 4.39. The molecule has 1 atom stereocenters. The Morgan fingerprint density at radius 2 is 1.75 bits per heavy atom. The van der Waals surface area contributed by atoms with Gasteiger partial charge in [0.2, 0.25) is 5.88 Å². The number of ether oxygens (including phenoxy) is 1. The van der Waals surface area contributed by atoms with Crippen molar-refractivity contribution in [2.45, 2.75) is 39.8 Å². The molecule has 0 saturated carbocycles. The lowest BCUT2D eigenvalue weighted by molar-refractivity contribution is -0.139. The minimum absolute atomic E-state index is 0.0215. The second-order valence-electron chi connectivity index (χ2n) is 8.35. The lowest BCUT2D eigenvalue weighted by Crippen LogP contribution is -2.43. The Labute approximate surface area is 187 Å². The van der Waals surface area contributed by atoms with E-state index in [9.17, 15) is 4.79 Å². The number of aryl methyl sites for hydroxylation is 2. The molecule has 0 N–H and O–H groups in total. The van der Waals surface area contributed by atoms with Crippen molar-refractivity contribution >= 4 is 16.9 Å². The van der Waals surface area contributed by atoms with Crippen LogP contribution in [0.5, 0.6) is 5.88 Å². The summed E-state index contributed by atoms with van der Waals surface area (Å²) in [6.07, 6.45) is 0.242. The topological polar surface area (TPSA) is 60.2 Å². The first-order chi connectivity index (χ1) is 15.5. The summed E-state index contributed by atoms with van der Waals surface area (Å²) in [6.45, 7) is 7.12. The molecule has 2 aromatic carbocycles. The zero-order valence-corrected chi connectivity index (χ0v) is 18.6. The summed E-state index contributed by atoms with van der Waals surface area (Å²) in [5.74, 6) is 0.414. The van der Waals surface area contributed by atoms with E-state index in [1.807, 2.05) is 72.0 Å². The van der Waals surface area contributed by atoms with Crippen LogP contribution in [0.4, 0.5) is 0 Å². The Bertz CT molecular complexity index is 1300. The fourth-order valence-electron chi connectivity index (χ4n) is 4.46. The smallest absolute Gasteiger partial charge is 0.263 e. The fourth-order valence-corrected chi connectivity index (χ4v) is 4.46. The zero-order valence-electron chi connectivity index (χ0n) is 18.6. The number of hydrogen-bond acceptors (Lipinski definition) is 4. The van der Waals surface area contributed by atoms with Crippen LogP contribution in [0, 0.1) is 13.8 Å². The highest BCUT2D eigenvalue weighted by Crippen LogP contribution is 2.27. The first-order valence-corrected chi connectivity index (χ1v) is 11.0. The highest BCUT2D eigenvalue weighted by atomic mass is 16.5. The van der Waals surface area contributed by atoms with E-state index in [2.05, 4.69) is 12.1 Å². The van der Waals surface area contributed by atoms with E-state index < -0.39 is 6.10 Å². The van der Waals surface area contributed by atoms with Crippen molar-refractivity contribution in [1.82, 2.24) is 19.7 Å². The molecule has 4 aromatic rings. The second-order valence-corrected chi connectivity index (χ2v) is 8.35. The molecular weight excluding hydrogens is 400 g/mol. The normalized spacial score (nSPS) is 14.3. The maximum Gasteiger partial charge on any atom is 0.263 e. The number of amides is 1. The molecule has 3 heterocycles. The first-order valence-electron chi connectivity index (χ1n) is 11.0. The Balaban J connectivity index is 1.41. The lowest BCUT2D eigenvalue weighted by atomic mass is 9.99. The number of nitrogens with zero attached hydrogens (tertiary/aromatic N) is 4. The lowest BCUT2D eigenvalue weighted by Gasteiger charge is -2.30. The van der Waals surface area contributed by atoms with Gasteiger partial charge in [-0.25, -0.2) is 4.68 Å². The second kappa shape index (κ2) is 8.11. The molecule has 1 amide bonds. The van der Waals surface area contributed by atoms with Crippen molar-refractivity contribution < 1.29 is 9.53 Å². The van der Waals surface area contributed by atoms with Gasteiger partial charge >= 0.3 is 0 Å². The number of benzene rings is 2. The molecule has 0 saturated heterocycles. The number of rotatable bonds is 4. The summed E-state index contributed by atoms with van der Waals surface area (Å²) < 4.78 is 7.89. The molecule has 0 bridgehead atoms. The van der Waals surface area contributed by atoms with Crippen molar-refractivity contribution in [2.24, 2.45) is 0 Å².